The Bertz CT molecular complexity index is 978. The van der Waals surface area contributed by atoms with E-state index in [4.69, 9.17) is 0 Å². The number of carbonyl (C=O) groups is 1. The third kappa shape index (κ3) is 5.31. The van der Waals surface area contributed by atoms with Gasteiger partial charge in [-0.3, -0.25) is 14.9 Å². The number of nitro groups is 1. The zero-order valence-electron chi connectivity index (χ0n) is 14.7. The van der Waals surface area contributed by atoms with Crippen molar-refractivity contribution >= 4 is 27.3 Å². The molecule has 0 aliphatic rings. The Kier molecular flexibility index (Phi) is 6.24. The molecule has 1 N–H and O–H groups in total. The molecule has 2 aromatic rings. The van der Waals surface area contributed by atoms with E-state index >= 15 is 0 Å². The van der Waals surface area contributed by atoms with Gasteiger partial charge in [-0.05, 0) is 19.1 Å². The number of hydrogen-bond acceptors (Lipinski definition) is 5. The molecular weight excluding hydrogens is 377 g/mol. The third-order valence-corrected chi connectivity index (χ3v) is 5.07. The highest BCUT2D eigenvalue weighted by Gasteiger charge is 2.23. The fraction of sp³-hybridized carbons (Fsp3) is 0.235. The summed E-state index contributed by atoms with van der Waals surface area (Å²) in [5.41, 5.74) is 0.408. The highest BCUT2D eigenvalue weighted by Crippen LogP contribution is 2.25. The predicted octanol–water partition coefficient (Wildman–Crippen LogP) is 2.44. The molecule has 0 aliphatic heterocycles. The van der Waals surface area contributed by atoms with Gasteiger partial charge < -0.3 is 5.32 Å². The normalized spacial score (nSPS) is 11.4. The van der Waals surface area contributed by atoms with Gasteiger partial charge in [0.1, 0.15) is 5.82 Å². The number of sulfonamides is 1. The first-order valence-electron chi connectivity index (χ1n) is 7.82. The molecule has 0 spiro atoms. The van der Waals surface area contributed by atoms with E-state index in [1.54, 1.807) is 6.07 Å². The number of benzene rings is 2. The monoisotopic (exact) mass is 395 g/mol. The van der Waals surface area contributed by atoms with Gasteiger partial charge in [0.15, 0.2) is 0 Å². The maximum absolute atomic E-state index is 13.8. The zero-order chi connectivity index (χ0) is 20.2. The number of rotatable bonds is 7. The van der Waals surface area contributed by atoms with Gasteiger partial charge in [0.05, 0.1) is 29.0 Å². The summed E-state index contributed by atoms with van der Waals surface area (Å²) in [7, 11) is -3.80. The maximum atomic E-state index is 13.8. The SMILES string of the molecule is Cc1c(NC(=O)CN(Cc2ccccc2F)S(C)(=O)=O)cccc1[N+](=O)[O-]. The Morgan fingerprint density at radius 1 is 1.22 bits per heavy atom. The van der Waals surface area contributed by atoms with Crippen molar-refractivity contribution in [3.05, 3.63) is 69.5 Å². The topological polar surface area (TPSA) is 110 Å². The minimum Gasteiger partial charge on any atom is -0.324 e. The first kappa shape index (κ1) is 20.5. The minimum atomic E-state index is -3.80. The summed E-state index contributed by atoms with van der Waals surface area (Å²) in [6, 6.07) is 9.84. The average molecular weight is 395 g/mol. The van der Waals surface area contributed by atoms with Crippen LogP contribution >= 0.6 is 0 Å². The third-order valence-electron chi connectivity index (χ3n) is 3.87. The standard InChI is InChI=1S/C17H18FN3O5S/c1-12-15(8-5-9-16(12)21(23)24)19-17(22)11-20(27(2,25)26)10-13-6-3-4-7-14(13)18/h3-9H,10-11H2,1-2H3,(H,19,22). The Labute approximate surface area is 155 Å². The molecule has 1 amide bonds. The summed E-state index contributed by atoms with van der Waals surface area (Å²) in [6.45, 7) is 0.601. The van der Waals surface area contributed by atoms with Gasteiger partial charge >= 0.3 is 0 Å². The molecule has 10 heteroatoms. The molecule has 27 heavy (non-hydrogen) atoms. The summed E-state index contributed by atoms with van der Waals surface area (Å²) in [6.07, 6.45) is 0.916. The van der Waals surface area contributed by atoms with Crippen molar-refractivity contribution in [2.24, 2.45) is 0 Å². The van der Waals surface area contributed by atoms with E-state index in [2.05, 4.69) is 5.32 Å². The Balaban J connectivity index is 2.19. The molecule has 0 heterocycles. The van der Waals surface area contributed by atoms with Gasteiger partial charge in [-0.25, -0.2) is 12.8 Å². The number of halogens is 1. The highest BCUT2D eigenvalue weighted by molar-refractivity contribution is 7.88. The van der Waals surface area contributed by atoms with Crippen LogP contribution in [0, 0.1) is 22.9 Å². The van der Waals surface area contributed by atoms with Crippen molar-refractivity contribution < 1.29 is 22.5 Å². The van der Waals surface area contributed by atoms with E-state index in [1.165, 1.54) is 43.3 Å². The van der Waals surface area contributed by atoms with E-state index in [0.717, 1.165) is 10.6 Å². The lowest BCUT2D eigenvalue weighted by Crippen LogP contribution is -2.37. The number of hydrogen-bond donors (Lipinski definition) is 1. The predicted molar refractivity (Wildman–Crippen MR) is 98.1 cm³/mol. The summed E-state index contributed by atoms with van der Waals surface area (Å²) in [5.74, 6) is -1.28. The van der Waals surface area contributed by atoms with Crippen molar-refractivity contribution in [1.82, 2.24) is 4.31 Å². The van der Waals surface area contributed by atoms with Gasteiger partial charge in [0.25, 0.3) is 5.69 Å². The Morgan fingerprint density at radius 2 is 1.89 bits per heavy atom. The first-order chi connectivity index (χ1) is 12.6. The number of amides is 1. The van der Waals surface area contributed by atoms with Crippen LogP contribution < -0.4 is 5.32 Å². The van der Waals surface area contributed by atoms with E-state index in [-0.39, 0.29) is 29.0 Å². The van der Waals surface area contributed by atoms with Crippen LogP contribution in [-0.2, 0) is 21.4 Å². The van der Waals surface area contributed by atoms with Crippen LogP contribution in [-0.4, -0.2) is 36.4 Å². The quantitative estimate of drug-likeness (QED) is 0.572. The second-order valence-electron chi connectivity index (χ2n) is 5.88. The van der Waals surface area contributed by atoms with Crippen LogP contribution in [0.25, 0.3) is 0 Å². The van der Waals surface area contributed by atoms with Crippen molar-refractivity contribution in [2.75, 3.05) is 18.1 Å². The van der Waals surface area contributed by atoms with Crippen LogP contribution in [0.1, 0.15) is 11.1 Å². The van der Waals surface area contributed by atoms with Crippen molar-refractivity contribution in [1.29, 1.82) is 0 Å². The van der Waals surface area contributed by atoms with Gasteiger partial charge in [0.2, 0.25) is 15.9 Å². The molecule has 2 rings (SSSR count). The van der Waals surface area contributed by atoms with E-state index in [0.29, 0.717) is 0 Å². The molecule has 0 bridgehead atoms. The second kappa shape index (κ2) is 8.23. The lowest BCUT2D eigenvalue weighted by molar-refractivity contribution is -0.385. The van der Waals surface area contributed by atoms with Crippen LogP contribution in [0.3, 0.4) is 0 Å². The van der Waals surface area contributed by atoms with Gasteiger partial charge in [-0.1, -0.05) is 24.3 Å². The number of nitrogens with zero attached hydrogens (tertiary/aromatic N) is 2. The van der Waals surface area contributed by atoms with Gasteiger partial charge in [-0.2, -0.15) is 4.31 Å². The lowest BCUT2D eigenvalue weighted by atomic mass is 10.1. The Hall–Kier alpha value is -2.85. The van der Waals surface area contributed by atoms with Crippen molar-refractivity contribution in [3.8, 4) is 0 Å². The summed E-state index contributed by atoms with van der Waals surface area (Å²) >= 11 is 0. The van der Waals surface area contributed by atoms with Crippen LogP contribution in [0.4, 0.5) is 15.8 Å². The molecule has 0 aliphatic carbocycles. The number of carbonyl (C=O) groups excluding carboxylic acids is 1. The zero-order valence-corrected chi connectivity index (χ0v) is 15.5. The van der Waals surface area contributed by atoms with Crippen LogP contribution in [0.2, 0.25) is 0 Å². The smallest absolute Gasteiger partial charge is 0.274 e. The molecule has 144 valence electrons. The van der Waals surface area contributed by atoms with Crippen LogP contribution in [0.5, 0.6) is 0 Å². The number of nitro benzene ring substituents is 1. The molecule has 0 saturated carbocycles. The highest BCUT2D eigenvalue weighted by atomic mass is 32.2. The second-order valence-corrected chi connectivity index (χ2v) is 7.86. The fourth-order valence-electron chi connectivity index (χ4n) is 2.41. The average Bonchev–Trinajstić information content (AvgIpc) is 2.57. The number of nitrogens with one attached hydrogen (secondary N) is 1. The fourth-order valence-corrected chi connectivity index (χ4v) is 3.14. The molecule has 0 unspecified atom stereocenters. The summed E-state index contributed by atoms with van der Waals surface area (Å²) in [5, 5.41) is 13.4. The number of anilines is 1. The maximum Gasteiger partial charge on any atom is 0.274 e. The minimum absolute atomic E-state index is 0.127. The molecule has 0 fully saturated rings. The molecule has 0 aromatic heterocycles. The van der Waals surface area contributed by atoms with Gasteiger partial charge in [-0.15, -0.1) is 0 Å². The summed E-state index contributed by atoms with van der Waals surface area (Å²) in [4.78, 5) is 22.7. The molecule has 0 saturated heterocycles. The lowest BCUT2D eigenvalue weighted by Gasteiger charge is -2.20. The van der Waals surface area contributed by atoms with Gasteiger partial charge in [0, 0.05) is 18.2 Å². The van der Waals surface area contributed by atoms with E-state index in [1.807, 2.05) is 0 Å². The largest absolute Gasteiger partial charge is 0.324 e. The Morgan fingerprint density at radius 3 is 2.48 bits per heavy atom. The van der Waals surface area contributed by atoms with Crippen molar-refractivity contribution in [3.63, 3.8) is 0 Å². The molecule has 8 nitrogen and oxygen atoms in total. The van der Waals surface area contributed by atoms with E-state index < -0.39 is 33.2 Å². The molecule has 0 radical (unpaired) electrons. The van der Waals surface area contributed by atoms with E-state index in [9.17, 15) is 27.7 Å². The molecule has 2 aromatic carbocycles. The summed E-state index contributed by atoms with van der Waals surface area (Å²) < 4.78 is 38.6. The molecular formula is C17H18FN3O5S. The van der Waals surface area contributed by atoms with Crippen LogP contribution in [0.15, 0.2) is 42.5 Å². The molecule has 0 atom stereocenters. The first-order valence-corrected chi connectivity index (χ1v) is 9.67. The van der Waals surface area contributed by atoms with Crippen molar-refractivity contribution in [2.45, 2.75) is 13.5 Å².